The normalized spacial score (nSPS) is 38.6. The highest BCUT2D eigenvalue weighted by Gasteiger charge is 2.75. The summed E-state index contributed by atoms with van der Waals surface area (Å²) >= 11 is 0. The number of nitrogen functional groups attached to an aromatic ring is 1. The number of Topliss-reactive ketones (excluding diaryl/α,β-unsaturated/α-hetero) is 1. The van der Waals surface area contributed by atoms with E-state index in [-0.39, 0.29) is 35.9 Å². The number of fused-ring (bicyclic) bond motifs is 7. The van der Waals surface area contributed by atoms with Gasteiger partial charge in [0.15, 0.2) is 23.5 Å². The zero-order valence-corrected chi connectivity index (χ0v) is 26.0. The van der Waals surface area contributed by atoms with Gasteiger partial charge in [0.25, 0.3) is 5.91 Å². The number of nitrogens with two attached hydrogens (primary N) is 1. The quantitative estimate of drug-likeness (QED) is 0.203. The highest BCUT2D eigenvalue weighted by atomic mass is 16.7. The first-order valence-electron chi connectivity index (χ1n) is 15.7. The number of ether oxygens (including phenoxy) is 2. The molecule has 1 saturated heterocycles. The van der Waals surface area contributed by atoms with Crippen molar-refractivity contribution in [2.45, 2.75) is 70.6 Å². The Balaban J connectivity index is 1.23. The van der Waals surface area contributed by atoms with Crippen molar-refractivity contribution >= 4 is 28.8 Å². The summed E-state index contributed by atoms with van der Waals surface area (Å²) in [4.78, 5) is 38.8. The van der Waals surface area contributed by atoms with Gasteiger partial charge < -0.3 is 30.7 Å². The minimum atomic E-state index is -1.47. The van der Waals surface area contributed by atoms with Crippen LogP contribution in [0.1, 0.15) is 46.5 Å². The summed E-state index contributed by atoms with van der Waals surface area (Å²) in [6.45, 7) is 9.25. The number of anilines is 2. The van der Waals surface area contributed by atoms with Crippen LogP contribution in [0.3, 0.4) is 0 Å². The maximum absolute atomic E-state index is 13.7. The fourth-order valence-electron chi connectivity index (χ4n) is 9.25. The molecule has 9 heteroatoms. The fourth-order valence-corrected chi connectivity index (χ4v) is 9.25. The average molecular weight is 615 g/mol. The first kappa shape index (κ1) is 31.4. The number of carbonyl (C=O) groups excluding carboxylic acids is 3. The third-order valence-corrected chi connectivity index (χ3v) is 11.3. The van der Waals surface area contributed by atoms with Crippen LogP contribution in [0.4, 0.5) is 11.4 Å². The number of nitrogens with one attached hydrogen (secondary N) is 1. The summed E-state index contributed by atoms with van der Waals surface area (Å²) in [6, 6.07) is 6.89. The van der Waals surface area contributed by atoms with Crippen LogP contribution in [0.2, 0.25) is 0 Å². The van der Waals surface area contributed by atoms with Crippen LogP contribution in [0, 0.1) is 28.6 Å². The summed E-state index contributed by atoms with van der Waals surface area (Å²) in [6.07, 6.45) is 10.1. The van der Waals surface area contributed by atoms with Crippen LogP contribution in [0.25, 0.3) is 0 Å². The Morgan fingerprint density at radius 3 is 2.73 bits per heavy atom. The van der Waals surface area contributed by atoms with Gasteiger partial charge in [0.1, 0.15) is 6.61 Å². The van der Waals surface area contributed by atoms with Crippen LogP contribution in [0.15, 0.2) is 84.0 Å². The molecular weight excluding hydrogens is 572 g/mol. The largest absolute Gasteiger partial charge is 0.399 e. The molecule has 45 heavy (non-hydrogen) atoms. The van der Waals surface area contributed by atoms with Crippen LogP contribution >= 0.6 is 0 Å². The van der Waals surface area contributed by atoms with E-state index in [0.717, 1.165) is 18.4 Å². The van der Waals surface area contributed by atoms with E-state index in [0.29, 0.717) is 28.9 Å². The molecule has 0 bridgehead atoms. The molecule has 1 aromatic rings. The van der Waals surface area contributed by atoms with Crippen molar-refractivity contribution in [3.8, 4) is 0 Å². The Kier molecular flexibility index (Phi) is 7.88. The van der Waals surface area contributed by atoms with Crippen molar-refractivity contribution in [3.63, 3.8) is 0 Å². The molecule has 1 aromatic carbocycles. The number of rotatable bonds is 7. The van der Waals surface area contributed by atoms with Crippen molar-refractivity contribution in [1.29, 1.82) is 0 Å². The molecule has 1 amide bonds. The number of ketones is 2. The Hall–Kier alpha value is -3.63. The lowest BCUT2D eigenvalue weighted by atomic mass is 9.46. The molecule has 6 rings (SSSR count). The lowest BCUT2D eigenvalue weighted by Crippen LogP contribution is -2.63. The summed E-state index contributed by atoms with van der Waals surface area (Å²) in [5.41, 5.74) is 6.05. The lowest BCUT2D eigenvalue weighted by molar-refractivity contribution is -0.194. The minimum absolute atomic E-state index is 0.00842. The van der Waals surface area contributed by atoms with Crippen molar-refractivity contribution in [1.82, 2.24) is 0 Å². The number of aliphatic hydroxyl groups excluding tert-OH is 2. The number of benzene rings is 1. The molecule has 1 heterocycles. The third-order valence-electron chi connectivity index (χ3n) is 11.3. The van der Waals surface area contributed by atoms with Gasteiger partial charge in [0.05, 0.1) is 12.2 Å². The third kappa shape index (κ3) is 4.79. The van der Waals surface area contributed by atoms with E-state index < -0.39 is 47.3 Å². The minimum Gasteiger partial charge on any atom is -0.399 e. The summed E-state index contributed by atoms with van der Waals surface area (Å²) in [5.74, 6) is -0.885. The van der Waals surface area contributed by atoms with Crippen molar-refractivity contribution in [3.05, 3.63) is 84.0 Å². The second kappa shape index (κ2) is 11.3. The first-order chi connectivity index (χ1) is 21.4. The predicted octanol–water partition coefficient (Wildman–Crippen LogP) is 4.20. The highest BCUT2D eigenvalue weighted by Crippen LogP contribution is 2.69. The molecule has 0 unspecified atom stereocenters. The summed E-state index contributed by atoms with van der Waals surface area (Å²) < 4.78 is 13.0. The van der Waals surface area contributed by atoms with E-state index in [9.17, 15) is 24.6 Å². The molecule has 9 atom stereocenters. The van der Waals surface area contributed by atoms with Crippen LogP contribution in [-0.2, 0) is 23.9 Å². The van der Waals surface area contributed by atoms with Crippen molar-refractivity contribution in [2.75, 3.05) is 17.7 Å². The number of carbonyl (C=O) groups is 3. The van der Waals surface area contributed by atoms with E-state index >= 15 is 0 Å². The van der Waals surface area contributed by atoms with Crippen molar-refractivity contribution in [2.24, 2.45) is 28.6 Å². The molecule has 4 fully saturated rings. The molecule has 5 N–H and O–H groups in total. The monoisotopic (exact) mass is 614 g/mol. The lowest BCUT2D eigenvalue weighted by Gasteiger charge is -2.59. The van der Waals surface area contributed by atoms with Gasteiger partial charge in [-0.3, -0.25) is 14.4 Å². The smallest absolute Gasteiger partial charge is 0.255 e. The second-order valence-electron chi connectivity index (χ2n) is 13.6. The van der Waals surface area contributed by atoms with Gasteiger partial charge in [-0.2, -0.15) is 0 Å². The average Bonchev–Trinajstić information content (AvgIpc) is 3.50. The number of hydrogen-bond acceptors (Lipinski definition) is 8. The number of amides is 1. The Labute approximate surface area is 263 Å². The molecule has 0 spiro atoms. The van der Waals surface area contributed by atoms with Gasteiger partial charge in [-0.05, 0) is 80.9 Å². The highest BCUT2D eigenvalue weighted by molar-refractivity contribution is 6.06. The molecular formula is C36H42N2O7. The molecule has 1 aliphatic heterocycles. The topological polar surface area (TPSA) is 148 Å². The van der Waals surface area contributed by atoms with E-state index in [1.807, 2.05) is 13.0 Å². The van der Waals surface area contributed by atoms with E-state index in [4.69, 9.17) is 15.2 Å². The maximum atomic E-state index is 13.7. The van der Waals surface area contributed by atoms with Gasteiger partial charge >= 0.3 is 0 Å². The molecule has 9 nitrogen and oxygen atoms in total. The Morgan fingerprint density at radius 1 is 1.24 bits per heavy atom. The van der Waals surface area contributed by atoms with Gasteiger partial charge in [0.2, 0.25) is 0 Å². The SMILES string of the molecule is C=C(/C=C\C(=C/C)C(=O)Nc1cccc(N)c1)[C@H]1O[C@@H]2C[C@H]3[C@@H]4CCC5=CC(=O)C=C[C@]5(C)[C@H]4[C@@H](O)C[C@]3(C)[C@]2(C(=O)CO)O1. The molecule has 3 saturated carbocycles. The fraction of sp³-hybridized carbons (Fsp3) is 0.472. The van der Waals surface area contributed by atoms with E-state index in [1.165, 1.54) is 0 Å². The van der Waals surface area contributed by atoms with Crippen LogP contribution in [-0.4, -0.2) is 58.4 Å². The maximum Gasteiger partial charge on any atom is 0.255 e. The second-order valence-corrected chi connectivity index (χ2v) is 13.6. The van der Waals surface area contributed by atoms with Gasteiger partial charge in [-0.1, -0.05) is 50.3 Å². The van der Waals surface area contributed by atoms with Gasteiger partial charge in [-0.25, -0.2) is 0 Å². The number of aliphatic hydroxyl groups is 2. The van der Waals surface area contributed by atoms with Crippen LogP contribution in [0.5, 0.6) is 0 Å². The predicted molar refractivity (Wildman–Crippen MR) is 169 cm³/mol. The summed E-state index contributed by atoms with van der Waals surface area (Å²) in [5, 5.41) is 24.8. The van der Waals surface area contributed by atoms with Crippen molar-refractivity contribution < 1.29 is 34.1 Å². The standard InChI is InChI=1S/C36H42N2O7/c1-5-21(32(43)38-24-8-6-7-23(37)16-24)10-9-20(2)33-44-30-17-27-26-12-11-22-15-25(40)13-14-34(22,3)31(26)28(41)18-35(27,4)36(30,45-33)29(42)19-39/h5-10,13-16,26-28,30-31,33,39,41H,2,11-12,17-19,37H2,1,3-4H3,(H,38,43)/b10-9-,21-5+/t26-,27-,28-,30+,31+,33-,34-,35-,36+/m0/s1. The number of hydrogen-bond donors (Lipinski definition) is 4. The molecule has 0 aromatic heterocycles. The Bertz CT molecular complexity index is 1570. The number of allylic oxidation sites excluding steroid dienone is 5. The molecule has 0 radical (unpaired) electrons. The van der Waals surface area contributed by atoms with E-state index in [2.05, 4.69) is 18.8 Å². The zero-order valence-electron chi connectivity index (χ0n) is 26.0. The van der Waals surface area contributed by atoms with Gasteiger partial charge in [0, 0.05) is 39.3 Å². The zero-order chi connectivity index (χ0) is 32.3. The summed E-state index contributed by atoms with van der Waals surface area (Å²) in [7, 11) is 0. The van der Waals surface area contributed by atoms with E-state index in [1.54, 1.807) is 61.6 Å². The molecule has 5 aliphatic rings. The molecule has 4 aliphatic carbocycles. The molecule has 238 valence electrons. The first-order valence-corrected chi connectivity index (χ1v) is 15.7. The van der Waals surface area contributed by atoms with Gasteiger partial charge in [-0.15, -0.1) is 0 Å². The Morgan fingerprint density at radius 2 is 2.02 bits per heavy atom. The van der Waals surface area contributed by atoms with Crippen LogP contribution < -0.4 is 11.1 Å².